The molecule has 2 aliphatic rings. The van der Waals surface area contributed by atoms with Crippen LogP contribution in [-0.4, -0.2) is 46.4 Å². The third kappa shape index (κ3) is 4.08. The fourth-order valence-corrected chi connectivity index (χ4v) is 3.26. The highest BCUT2D eigenvalue weighted by Crippen LogP contribution is 2.52. The predicted octanol–water partition coefficient (Wildman–Crippen LogP) is 3.36. The molecule has 0 radical (unpaired) electrons. The summed E-state index contributed by atoms with van der Waals surface area (Å²) in [7, 11) is 1.43. The first-order valence-electron chi connectivity index (χ1n) is 9.27. The summed E-state index contributed by atoms with van der Waals surface area (Å²) >= 11 is 0. The first-order chi connectivity index (χ1) is 13.8. The van der Waals surface area contributed by atoms with Crippen molar-refractivity contribution in [3.8, 4) is 0 Å². The molecule has 2 aliphatic carbocycles. The van der Waals surface area contributed by atoms with Crippen molar-refractivity contribution in [2.45, 2.75) is 37.0 Å². The number of anilines is 1. The monoisotopic (exact) mass is 406 g/mol. The molecular weight excluding hydrogens is 385 g/mol. The number of aromatic nitrogens is 2. The van der Waals surface area contributed by atoms with Crippen LogP contribution in [0, 0.1) is 5.82 Å². The Kier molecular flexibility index (Phi) is 4.76. The van der Waals surface area contributed by atoms with Gasteiger partial charge in [0.15, 0.2) is 5.82 Å². The van der Waals surface area contributed by atoms with Crippen molar-refractivity contribution < 1.29 is 24.2 Å². The molecule has 2 aromatic rings. The normalized spacial score (nSPS) is 21.4. The van der Waals surface area contributed by atoms with Crippen LogP contribution in [0.4, 0.5) is 19.1 Å². The average Bonchev–Trinajstić information content (AvgIpc) is 3.61. The Morgan fingerprint density at radius 2 is 1.97 bits per heavy atom. The van der Waals surface area contributed by atoms with E-state index in [1.165, 1.54) is 18.0 Å². The number of hydrogen-bond acceptors (Lipinski definition) is 4. The largest absolute Gasteiger partial charge is 0.332 e. The molecule has 1 N–H and O–H groups in total. The second kappa shape index (κ2) is 7.13. The van der Waals surface area contributed by atoms with Gasteiger partial charge in [-0.15, -0.1) is 0 Å². The lowest BCUT2D eigenvalue weighted by Gasteiger charge is -2.19. The molecular formula is C20H21F3N4O2. The lowest BCUT2D eigenvalue weighted by molar-refractivity contribution is -0.116. The molecule has 0 saturated heterocycles. The summed E-state index contributed by atoms with van der Waals surface area (Å²) in [6.45, 7) is -0.308. The quantitative estimate of drug-likeness (QED) is 0.798. The summed E-state index contributed by atoms with van der Waals surface area (Å²) in [4.78, 5) is 33.4. The van der Waals surface area contributed by atoms with Gasteiger partial charge in [-0.3, -0.25) is 14.9 Å². The van der Waals surface area contributed by atoms with Crippen LogP contribution in [0.15, 0.2) is 30.6 Å². The summed E-state index contributed by atoms with van der Waals surface area (Å²) in [5.41, 5.74) is -0.163. The number of alkyl halides is 2. The standard InChI is InChI=1S/C20H19F3N4O2.H2/c1-27(10-17(28)26-19-24-8-12(21)9-25-19)18(29)13-3-2-11(20(23)4-5-20)6-14(13)15-7-16(15)22;/h2-3,6,8-9,15-16H,4-5,7,10H2,1H3,(H,24,25,26,28);1H/t15-,16+;/m0./s1. The zero-order valence-corrected chi connectivity index (χ0v) is 15.7. The lowest BCUT2D eigenvalue weighted by Crippen LogP contribution is -2.35. The Morgan fingerprint density at radius 3 is 2.55 bits per heavy atom. The second-order valence-electron chi connectivity index (χ2n) is 7.56. The fraction of sp³-hybridized carbons (Fsp3) is 0.400. The van der Waals surface area contributed by atoms with E-state index in [2.05, 4.69) is 15.3 Å². The van der Waals surface area contributed by atoms with E-state index < -0.39 is 35.4 Å². The molecule has 0 aliphatic heterocycles. The molecule has 2 amide bonds. The summed E-state index contributed by atoms with van der Waals surface area (Å²) in [6.07, 6.45) is 1.92. The number of carbonyl (C=O) groups is 2. The van der Waals surface area contributed by atoms with E-state index in [1.807, 2.05) is 0 Å². The number of likely N-dealkylation sites (N-methyl/N-ethyl adjacent to an activating group) is 1. The van der Waals surface area contributed by atoms with Crippen LogP contribution in [0.5, 0.6) is 0 Å². The van der Waals surface area contributed by atoms with E-state index >= 15 is 0 Å². The van der Waals surface area contributed by atoms with E-state index in [1.54, 1.807) is 12.1 Å². The minimum Gasteiger partial charge on any atom is -0.332 e. The third-order valence-electron chi connectivity index (χ3n) is 5.20. The molecule has 1 aromatic carbocycles. The molecule has 0 bridgehead atoms. The van der Waals surface area contributed by atoms with Gasteiger partial charge in [-0.1, -0.05) is 12.1 Å². The molecule has 4 rings (SSSR count). The van der Waals surface area contributed by atoms with Gasteiger partial charge in [0, 0.05) is 20.0 Å². The summed E-state index contributed by atoms with van der Waals surface area (Å²) in [5.74, 6) is -2.19. The van der Waals surface area contributed by atoms with Gasteiger partial charge in [0.1, 0.15) is 11.8 Å². The van der Waals surface area contributed by atoms with E-state index in [-0.39, 0.29) is 19.5 Å². The number of carbonyl (C=O) groups excluding carboxylic acids is 2. The molecule has 2 saturated carbocycles. The van der Waals surface area contributed by atoms with Gasteiger partial charge in [0.25, 0.3) is 5.91 Å². The Balaban J connectivity index is 0.00000256. The highest BCUT2D eigenvalue weighted by molar-refractivity contribution is 6.00. The molecule has 29 heavy (non-hydrogen) atoms. The number of hydrogen-bond donors (Lipinski definition) is 1. The smallest absolute Gasteiger partial charge is 0.254 e. The number of nitrogens with one attached hydrogen (secondary N) is 1. The molecule has 9 heteroatoms. The zero-order valence-electron chi connectivity index (χ0n) is 15.7. The van der Waals surface area contributed by atoms with Gasteiger partial charge in [-0.25, -0.2) is 23.1 Å². The van der Waals surface area contributed by atoms with Crippen LogP contribution in [0.3, 0.4) is 0 Å². The second-order valence-corrected chi connectivity index (χ2v) is 7.56. The van der Waals surface area contributed by atoms with E-state index in [9.17, 15) is 22.8 Å². The SMILES string of the molecule is CN(CC(=O)Nc1ncc(F)cn1)C(=O)c1ccc(C2(F)CC2)cc1[C@@H]1C[C@H]1F.[HH]. The molecule has 1 aromatic heterocycles. The van der Waals surface area contributed by atoms with E-state index in [0.29, 0.717) is 30.4 Å². The van der Waals surface area contributed by atoms with Gasteiger partial charge in [0.2, 0.25) is 11.9 Å². The van der Waals surface area contributed by atoms with Crippen LogP contribution in [0.2, 0.25) is 0 Å². The summed E-state index contributed by atoms with van der Waals surface area (Å²) in [6, 6.07) is 4.65. The van der Waals surface area contributed by atoms with Gasteiger partial charge >= 0.3 is 0 Å². The first-order valence-corrected chi connectivity index (χ1v) is 9.27. The highest BCUT2D eigenvalue weighted by Gasteiger charge is 2.47. The lowest BCUT2D eigenvalue weighted by atomic mass is 9.96. The topological polar surface area (TPSA) is 75.2 Å². The molecule has 1 heterocycles. The fourth-order valence-electron chi connectivity index (χ4n) is 3.26. The number of nitrogens with zero attached hydrogens (tertiary/aromatic N) is 3. The molecule has 0 spiro atoms. The average molecular weight is 406 g/mol. The highest BCUT2D eigenvalue weighted by atomic mass is 19.1. The van der Waals surface area contributed by atoms with Crippen molar-refractivity contribution >= 4 is 17.8 Å². The van der Waals surface area contributed by atoms with Gasteiger partial charge in [0.05, 0.1) is 18.9 Å². The number of benzene rings is 1. The third-order valence-corrected chi connectivity index (χ3v) is 5.20. The van der Waals surface area contributed by atoms with Crippen LogP contribution in [0.25, 0.3) is 0 Å². The van der Waals surface area contributed by atoms with E-state index in [0.717, 1.165) is 12.4 Å². The predicted molar refractivity (Wildman–Crippen MR) is 100 cm³/mol. The number of halogens is 3. The van der Waals surface area contributed by atoms with Crippen molar-refractivity contribution in [3.63, 3.8) is 0 Å². The molecule has 6 nitrogen and oxygen atoms in total. The van der Waals surface area contributed by atoms with Gasteiger partial charge in [-0.2, -0.15) is 0 Å². The maximum Gasteiger partial charge on any atom is 0.254 e. The molecule has 2 fully saturated rings. The maximum atomic E-state index is 14.4. The maximum absolute atomic E-state index is 14.4. The van der Waals surface area contributed by atoms with Crippen molar-refractivity contribution in [1.82, 2.24) is 14.9 Å². The Labute approximate surface area is 166 Å². The van der Waals surface area contributed by atoms with Crippen molar-refractivity contribution in [3.05, 3.63) is 53.1 Å². The first kappa shape index (κ1) is 19.4. The Morgan fingerprint density at radius 1 is 1.31 bits per heavy atom. The summed E-state index contributed by atoms with van der Waals surface area (Å²) < 4.78 is 40.9. The number of amides is 2. The van der Waals surface area contributed by atoms with Crippen molar-refractivity contribution in [1.29, 1.82) is 0 Å². The van der Waals surface area contributed by atoms with E-state index in [4.69, 9.17) is 0 Å². The Bertz CT molecular complexity index is 969. The molecule has 154 valence electrons. The van der Waals surface area contributed by atoms with Crippen molar-refractivity contribution in [2.75, 3.05) is 18.9 Å². The van der Waals surface area contributed by atoms with Gasteiger partial charge < -0.3 is 4.90 Å². The Hall–Kier alpha value is -2.97. The summed E-state index contributed by atoms with van der Waals surface area (Å²) in [5, 5.41) is 2.37. The zero-order chi connectivity index (χ0) is 20.8. The minimum atomic E-state index is -1.38. The minimum absolute atomic E-state index is 0. The number of rotatable bonds is 6. The van der Waals surface area contributed by atoms with Gasteiger partial charge in [-0.05, 0) is 36.5 Å². The van der Waals surface area contributed by atoms with Crippen LogP contribution >= 0.6 is 0 Å². The van der Waals surface area contributed by atoms with Crippen molar-refractivity contribution in [2.24, 2.45) is 0 Å². The molecule has 2 atom stereocenters. The molecule has 0 unspecified atom stereocenters. The van der Waals surface area contributed by atoms with Crippen LogP contribution in [-0.2, 0) is 10.5 Å². The van der Waals surface area contributed by atoms with Crippen LogP contribution < -0.4 is 5.32 Å². The van der Waals surface area contributed by atoms with Crippen LogP contribution in [0.1, 0.15) is 48.1 Å².